The van der Waals surface area contributed by atoms with E-state index in [0.717, 1.165) is 15.6 Å². The Morgan fingerprint density at radius 2 is 1.81 bits per heavy atom. The molecule has 0 spiro atoms. The summed E-state index contributed by atoms with van der Waals surface area (Å²) < 4.78 is 17.6. The summed E-state index contributed by atoms with van der Waals surface area (Å²) in [4.78, 5) is 12.6. The Labute approximate surface area is 195 Å². The van der Waals surface area contributed by atoms with Gasteiger partial charge in [-0.05, 0) is 47.5 Å². The molecule has 0 aliphatic rings. The first-order chi connectivity index (χ1) is 15.6. The van der Waals surface area contributed by atoms with Crippen LogP contribution in [0.1, 0.15) is 21.5 Å². The SMILES string of the molecule is C=CCOc1ccc(Br)cc1C(=O)N/N=C\c1ccc(OCc2ccccc2)c(OC)c1. The predicted octanol–water partition coefficient (Wildman–Crippen LogP) is 5.37. The van der Waals surface area contributed by atoms with Gasteiger partial charge in [0.25, 0.3) is 5.91 Å². The molecule has 1 N–H and O–H groups in total. The number of ether oxygens (including phenoxy) is 3. The number of amides is 1. The van der Waals surface area contributed by atoms with E-state index in [-0.39, 0.29) is 0 Å². The van der Waals surface area contributed by atoms with Crippen LogP contribution in [0.5, 0.6) is 17.2 Å². The second kappa shape index (κ2) is 11.7. The van der Waals surface area contributed by atoms with Crippen molar-refractivity contribution < 1.29 is 19.0 Å². The molecule has 3 rings (SSSR count). The number of rotatable bonds is 10. The van der Waals surface area contributed by atoms with E-state index in [0.29, 0.717) is 36.0 Å². The van der Waals surface area contributed by atoms with Crippen LogP contribution in [0.4, 0.5) is 0 Å². The normalized spacial score (nSPS) is 10.6. The van der Waals surface area contributed by atoms with E-state index in [1.165, 1.54) is 6.21 Å². The molecule has 6 nitrogen and oxygen atoms in total. The van der Waals surface area contributed by atoms with Crippen LogP contribution in [0.3, 0.4) is 0 Å². The molecule has 0 aromatic heterocycles. The molecule has 3 aromatic rings. The molecule has 7 heteroatoms. The molecular weight excluding hydrogens is 472 g/mol. The van der Waals surface area contributed by atoms with E-state index >= 15 is 0 Å². The minimum absolute atomic E-state index is 0.295. The Hall–Kier alpha value is -3.58. The van der Waals surface area contributed by atoms with E-state index in [4.69, 9.17) is 14.2 Å². The molecule has 164 valence electrons. The van der Waals surface area contributed by atoms with E-state index in [1.807, 2.05) is 36.4 Å². The number of carbonyl (C=O) groups is 1. The van der Waals surface area contributed by atoms with E-state index in [1.54, 1.807) is 43.5 Å². The molecule has 0 atom stereocenters. The topological polar surface area (TPSA) is 69.2 Å². The minimum atomic E-state index is -0.392. The molecule has 0 bridgehead atoms. The molecule has 0 aliphatic heterocycles. The van der Waals surface area contributed by atoms with Crippen molar-refractivity contribution in [2.24, 2.45) is 5.10 Å². The van der Waals surface area contributed by atoms with Gasteiger partial charge in [0.1, 0.15) is 19.0 Å². The maximum atomic E-state index is 12.6. The Bertz CT molecular complexity index is 1100. The first-order valence-electron chi connectivity index (χ1n) is 9.82. The van der Waals surface area contributed by atoms with Gasteiger partial charge in [0.15, 0.2) is 11.5 Å². The van der Waals surface area contributed by atoms with Crippen LogP contribution < -0.4 is 19.6 Å². The number of nitrogens with one attached hydrogen (secondary N) is 1. The van der Waals surface area contributed by atoms with Crippen molar-refractivity contribution in [2.75, 3.05) is 13.7 Å². The summed E-state index contributed by atoms with van der Waals surface area (Å²) in [5.41, 5.74) is 4.69. The molecule has 0 saturated heterocycles. The van der Waals surface area contributed by atoms with Crippen molar-refractivity contribution in [1.82, 2.24) is 5.43 Å². The largest absolute Gasteiger partial charge is 0.493 e. The second-order valence-electron chi connectivity index (χ2n) is 6.62. The van der Waals surface area contributed by atoms with Crippen molar-refractivity contribution in [3.63, 3.8) is 0 Å². The molecule has 0 aliphatic carbocycles. The van der Waals surface area contributed by atoms with Gasteiger partial charge in [0.2, 0.25) is 0 Å². The van der Waals surface area contributed by atoms with Crippen LogP contribution in [0.2, 0.25) is 0 Å². The molecule has 1 amide bonds. The second-order valence-corrected chi connectivity index (χ2v) is 7.54. The molecule has 0 unspecified atom stereocenters. The van der Waals surface area contributed by atoms with Crippen LogP contribution in [-0.2, 0) is 6.61 Å². The van der Waals surface area contributed by atoms with Gasteiger partial charge in [-0.3, -0.25) is 4.79 Å². The summed E-state index contributed by atoms with van der Waals surface area (Å²) in [5.74, 6) is 1.25. The highest BCUT2D eigenvalue weighted by Crippen LogP contribution is 2.28. The van der Waals surface area contributed by atoms with Gasteiger partial charge < -0.3 is 14.2 Å². The van der Waals surface area contributed by atoms with Crippen molar-refractivity contribution in [2.45, 2.75) is 6.61 Å². The van der Waals surface area contributed by atoms with Crippen LogP contribution in [0, 0.1) is 0 Å². The van der Waals surface area contributed by atoms with Crippen LogP contribution in [0.15, 0.2) is 89.0 Å². The monoisotopic (exact) mass is 494 g/mol. The van der Waals surface area contributed by atoms with Gasteiger partial charge in [-0.25, -0.2) is 5.43 Å². The lowest BCUT2D eigenvalue weighted by Gasteiger charge is -2.11. The highest BCUT2D eigenvalue weighted by atomic mass is 79.9. The van der Waals surface area contributed by atoms with E-state index in [9.17, 15) is 4.79 Å². The third-order valence-corrected chi connectivity index (χ3v) is 4.84. The summed E-state index contributed by atoms with van der Waals surface area (Å²) in [7, 11) is 1.57. The predicted molar refractivity (Wildman–Crippen MR) is 129 cm³/mol. The number of hydrogen-bond acceptors (Lipinski definition) is 5. The number of nitrogens with zero attached hydrogens (tertiary/aromatic N) is 1. The molecule has 32 heavy (non-hydrogen) atoms. The fourth-order valence-corrected chi connectivity index (χ4v) is 3.16. The zero-order chi connectivity index (χ0) is 22.8. The highest BCUT2D eigenvalue weighted by molar-refractivity contribution is 9.10. The van der Waals surface area contributed by atoms with Crippen molar-refractivity contribution >= 4 is 28.1 Å². The van der Waals surface area contributed by atoms with Crippen molar-refractivity contribution in [3.05, 3.63) is 101 Å². The molecule has 0 fully saturated rings. The lowest BCUT2D eigenvalue weighted by Crippen LogP contribution is -2.19. The third kappa shape index (κ3) is 6.46. The van der Waals surface area contributed by atoms with Crippen LogP contribution in [0.25, 0.3) is 0 Å². The average molecular weight is 495 g/mol. The first kappa shape index (κ1) is 23.1. The van der Waals surface area contributed by atoms with Gasteiger partial charge in [-0.15, -0.1) is 0 Å². The number of carbonyl (C=O) groups excluding carboxylic acids is 1. The summed E-state index contributed by atoms with van der Waals surface area (Å²) >= 11 is 3.37. The number of methoxy groups -OCH3 is 1. The Balaban J connectivity index is 1.65. The van der Waals surface area contributed by atoms with Crippen molar-refractivity contribution in [3.8, 4) is 17.2 Å². The van der Waals surface area contributed by atoms with E-state index < -0.39 is 5.91 Å². The summed E-state index contributed by atoms with van der Waals surface area (Å²) in [5, 5.41) is 4.06. The van der Waals surface area contributed by atoms with Gasteiger partial charge >= 0.3 is 0 Å². The van der Waals surface area contributed by atoms with Crippen LogP contribution >= 0.6 is 15.9 Å². The lowest BCUT2D eigenvalue weighted by molar-refractivity contribution is 0.0951. The van der Waals surface area contributed by atoms with Gasteiger partial charge in [0, 0.05) is 4.47 Å². The summed E-state index contributed by atoms with van der Waals surface area (Å²) in [6.45, 7) is 4.35. The van der Waals surface area contributed by atoms with Gasteiger partial charge in [-0.2, -0.15) is 5.10 Å². The molecular formula is C25H23BrN2O4. The smallest absolute Gasteiger partial charge is 0.275 e. The number of hydrogen-bond donors (Lipinski definition) is 1. The lowest BCUT2D eigenvalue weighted by atomic mass is 10.2. The number of halogens is 1. The minimum Gasteiger partial charge on any atom is -0.493 e. The first-order valence-corrected chi connectivity index (χ1v) is 10.6. The zero-order valence-electron chi connectivity index (χ0n) is 17.6. The summed E-state index contributed by atoms with van der Waals surface area (Å²) in [6.07, 6.45) is 3.14. The van der Waals surface area contributed by atoms with Gasteiger partial charge in [-0.1, -0.05) is 58.9 Å². The van der Waals surface area contributed by atoms with E-state index in [2.05, 4.69) is 33.0 Å². The summed E-state index contributed by atoms with van der Waals surface area (Å²) in [6, 6.07) is 20.5. The highest BCUT2D eigenvalue weighted by Gasteiger charge is 2.13. The maximum absolute atomic E-state index is 12.6. The third-order valence-electron chi connectivity index (χ3n) is 4.35. The quantitative estimate of drug-likeness (QED) is 0.234. The number of hydrazone groups is 1. The standard InChI is InChI=1S/C25H23BrN2O4/c1-3-13-31-22-12-10-20(26)15-21(22)25(29)28-27-16-19-9-11-23(24(14-19)30-2)32-17-18-7-5-4-6-8-18/h3-12,14-16H,1,13,17H2,2H3,(H,28,29)/b27-16-. The molecule has 3 aromatic carbocycles. The fourth-order valence-electron chi connectivity index (χ4n) is 2.80. The maximum Gasteiger partial charge on any atom is 0.275 e. The van der Waals surface area contributed by atoms with Crippen molar-refractivity contribution in [1.29, 1.82) is 0 Å². The zero-order valence-corrected chi connectivity index (χ0v) is 19.2. The molecule has 0 saturated carbocycles. The molecule has 0 radical (unpaired) electrons. The molecule has 0 heterocycles. The Kier molecular flexibility index (Phi) is 8.45. The van der Waals surface area contributed by atoms with Crippen LogP contribution in [-0.4, -0.2) is 25.8 Å². The Morgan fingerprint density at radius 1 is 1.03 bits per heavy atom. The average Bonchev–Trinajstić information content (AvgIpc) is 2.82. The number of benzene rings is 3. The Morgan fingerprint density at radius 3 is 2.56 bits per heavy atom. The fraction of sp³-hybridized carbons (Fsp3) is 0.120. The van der Waals surface area contributed by atoms with Gasteiger partial charge in [0.05, 0.1) is 18.9 Å².